The minimum Gasteiger partial charge on any atom is -0.480 e. The number of aromatic nitrogens is 1. The molecule has 6 heteroatoms. The van der Waals surface area contributed by atoms with Crippen LogP contribution in [0.4, 0.5) is 0 Å². The van der Waals surface area contributed by atoms with Gasteiger partial charge in [-0.25, -0.2) is 4.79 Å². The molecule has 0 aliphatic carbocycles. The fourth-order valence-electron chi connectivity index (χ4n) is 2.57. The summed E-state index contributed by atoms with van der Waals surface area (Å²) in [6, 6.07) is 8.18. The Bertz CT molecular complexity index is 707. The first kappa shape index (κ1) is 13.4. The number of fused-ring (bicyclic) bond motifs is 1. The molecule has 108 valence electrons. The van der Waals surface area contributed by atoms with E-state index < -0.39 is 17.9 Å². The van der Waals surface area contributed by atoms with Crippen molar-refractivity contribution in [2.24, 2.45) is 0 Å². The van der Waals surface area contributed by atoms with Crippen LogP contribution in [-0.2, 0) is 17.8 Å². The zero-order valence-corrected chi connectivity index (χ0v) is 11.4. The van der Waals surface area contributed by atoms with Crippen LogP contribution in [0, 0.1) is 6.92 Å². The maximum absolute atomic E-state index is 12.5. The average Bonchev–Trinajstić information content (AvgIpc) is 2.91. The summed E-state index contributed by atoms with van der Waals surface area (Å²) in [6.07, 6.45) is 0.300. The van der Waals surface area contributed by atoms with Crippen LogP contribution in [0.25, 0.3) is 0 Å². The van der Waals surface area contributed by atoms with Crippen molar-refractivity contribution < 1.29 is 19.2 Å². The highest BCUT2D eigenvalue weighted by Gasteiger charge is 2.35. The molecule has 0 fully saturated rings. The van der Waals surface area contributed by atoms with Crippen molar-refractivity contribution in [3.63, 3.8) is 0 Å². The van der Waals surface area contributed by atoms with Crippen LogP contribution in [0.1, 0.15) is 27.4 Å². The molecule has 0 bridgehead atoms. The van der Waals surface area contributed by atoms with Crippen molar-refractivity contribution in [3.8, 4) is 0 Å². The molecule has 0 radical (unpaired) electrons. The van der Waals surface area contributed by atoms with E-state index in [0.29, 0.717) is 12.2 Å². The number of carboxylic acids is 1. The first-order chi connectivity index (χ1) is 10.1. The molecule has 1 aliphatic rings. The predicted octanol–water partition coefficient (Wildman–Crippen LogP) is 1.63. The number of nitrogens with zero attached hydrogens (tertiary/aromatic N) is 2. The molecule has 1 aliphatic heterocycles. The number of aryl methyl sites for hydroxylation is 1. The second-order valence-corrected chi connectivity index (χ2v) is 5.08. The lowest BCUT2D eigenvalue weighted by atomic mass is 9.93. The molecule has 0 spiro atoms. The van der Waals surface area contributed by atoms with Crippen LogP contribution in [-0.4, -0.2) is 33.1 Å². The third-order valence-corrected chi connectivity index (χ3v) is 3.64. The van der Waals surface area contributed by atoms with E-state index in [1.807, 2.05) is 24.3 Å². The van der Waals surface area contributed by atoms with Gasteiger partial charge in [0.2, 0.25) is 0 Å². The zero-order chi connectivity index (χ0) is 15.0. The Hall–Kier alpha value is -2.63. The van der Waals surface area contributed by atoms with Gasteiger partial charge in [0, 0.05) is 19.0 Å². The molecular weight excluding hydrogens is 272 g/mol. The Morgan fingerprint density at radius 1 is 1.33 bits per heavy atom. The molecule has 1 aromatic heterocycles. The number of hydrogen-bond donors (Lipinski definition) is 1. The van der Waals surface area contributed by atoms with Gasteiger partial charge in [-0.3, -0.25) is 4.79 Å². The number of benzene rings is 1. The molecule has 2 aromatic rings. The Balaban J connectivity index is 1.96. The average molecular weight is 286 g/mol. The highest BCUT2D eigenvalue weighted by molar-refractivity contribution is 5.95. The van der Waals surface area contributed by atoms with Gasteiger partial charge in [-0.1, -0.05) is 29.4 Å². The third-order valence-electron chi connectivity index (χ3n) is 3.64. The minimum absolute atomic E-state index is 0.137. The number of rotatable bonds is 2. The molecule has 3 rings (SSSR count). The quantitative estimate of drug-likeness (QED) is 0.907. The monoisotopic (exact) mass is 286 g/mol. The van der Waals surface area contributed by atoms with Gasteiger partial charge in [-0.05, 0) is 18.1 Å². The van der Waals surface area contributed by atoms with Crippen LogP contribution >= 0.6 is 0 Å². The van der Waals surface area contributed by atoms with Gasteiger partial charge < -0.3 is 14.5 Å². The maximum atomic E-state index is 12.5. The summed E-state index contributed by atoms with van der Waals surface area (Å²) in [5.41, 5.74) is 2.06. The summed E-state index contributed by atoms with van der Waals surface area (Å²) in [4.78, 5) is 25.3. The van der Waals surface area contributed by atoms with E-state index >= 15 is 0 Å². The molecule has 2 heterocycles. The van der Waals surface area contributed by atoms with Crippen LogP contribution in [0.15, 0.2) is 34.9 Å². The number of aliphatic carboxylic acids is 1. The molecular formula is C15H14N2O4. The summed E-state index contributed by atoms with van der Waals surface area (Å²) >= 11 is 0. The van der Waals surface area contributed by atoms with Crippen molar-refractivity contribution in [1.29, 1.82) is 0 Å². The van der Waals surface area contributed by atoms with Crippen molar-refractivity contribution in [2.75, 3.05) is 0 Å². The largest absolute Gasteiger partial charge is 0.480 e. The predicted molar refractivity (Wildman–Crippen MR) is 72.7 cm³/mol. The molecule has 21 heavy (non-hydrogen) atoms. The number of carbonyl (C=O) groups excluding carboxylic acids is 1. The zero-order valence-electron chi connectivity index (χ0n) is 11.4. The van der Waals surface area contributed by atoms with Gasteiger partial charge in [-0.15, -0.1) is 0 Å². The SMILES string of the molecule is Cc1cc(C(=O)N2Cc3ccccc3C[C@@H]2C(=O)O)no1. The van der Waals surface area contributed by atoms with E-state index in [9.17, 15) is 14.7 Å². The highest BCUT2D eigenvalue weighted by atomic mass is 16.5. The van der Waals surface area contributed by atoms with E-state index in [-0.39, 0.29) is 12.2 Å². The lowest BCUT2D eigenvalue weighted by molar-refractivity contribution is -0.142. The summed E-state index contributed by atoms with van der Waals surface area (Å²) in [5, 5.41) is 13.1. The van der Waals surface area contributed by atoms with Gasteiger partial charge in [0.05, 0.1) is 0 Å². The fraction of sp³-hybridized carbons (Fsp3) is 0.267. The summed E-state index contributed by atoms with van der Waals surface area (Å²) in [6.45, 7) is 1.95. The Kier molecular flexibility index (Phi) is 3.21. The van der Waals surface area contributed by atoms with Crippen molar-refractivity contribution in [2.45, 2.75) is 25.9 Å². The lowest BCUT2D eigenvalue weighted by Gasteiger charge is -2.33. The molecule has 1 atom stereocenters. The van der Waals surface area contributed by atoms with E-state index in [1.165, 1.54) is 11.0 Å². The highest BCUT2D eigenvalue weighted by Crippen LogP contribution is 2.25. The second kappa shape index (κ2) is 5.05. The summed E-state index contributed by atoms with van der Waals surface area (Å²) in [5.74, 6) is -0.922. The topological polar surface area (TPSA) is 83.6 Å². The molecule has 0 saturated heterocycles. The molecule has 1 amide bonds. The van der Waals surface area contributed by atoms with Crippen molar-refractivity contribution >= 4 is 11.9 Å². The lowest BCUT2D eigenvalue weighted by Crippen LogP contribution is -2.48. The number of amides is 1. The Morgan fingerprint density at radius 3 is 2.67 bits per heavy atom. The van der Waals surface area contributed by atoms with Crippen molar-refractivity contribution in [1.82, 2.24) is 10.1 Å². The van der Waals surface area contributed by atoms with Gasteiger partial charge in [0.15, 0.2) is 5.69 Å². The molecule has 1 aromatic carbocycles. The van der Waals surface area contributed by atoms with Gasteiger partial charge >= 0.3 is 5.97 Å². The fourth-order valence-corrected chi connectivity index (χ4v) is 2.57. The first-order valence-electron chi connectivity index (χ1n) is 6.60. The van der Waals surface area contributed by atoms with Gasteiger partial charge in [0.25, 0.3) is 5.91 Å². The van der Waals surface area contributed by atoms with Crippen LogP contribution in [0.3, 0.4) is 0 Å². The summed E-state index contributed by atoms with van der Waals surface area (Å²) < 4.78 is 4.90. The van der Waals surface area contributed by atoms with E-state index in [4.69, 9.17) is 4.52 Å². The number of carboxylic acid groups (broad SMARTS) is 1. The first-order valence-corrected chi connectivity index (χ1v) is 6.60. The van der Waals surface area contributed by atoms with Gasteiger partial charge in [-0.2, -0.15) is 0 Å². The summed E-state index contributed by atoms with van der Waals surface area (Å²) in [7, 11) is 0. The van der Waals surface area contributed by atoms with Crippen LogP contribution < -0.4 is 0 Å². The maximum Gasteiger partial charge on any atom is 0.326 e. The molecule has 0 unspecified atom stereocenters. The Labute approximate surface area is 121 Å². The minimum atomic E-state index is -1.02. The molecule has 6 nitrogen and oxygen atoms in total. The third kappa shape index (κ3) is 2.40. The van der Waals surface area contributed by atoms with E-state index in [2.05, 4.69) is 5.16 Å². The normalized spacial score (nSPS) is 17.4. The molecule has 0 saturated carbocycles. The smallest absolute Gasteiger partial charge is 0.326 e. The van der Waals surface area contributed by atoms with Crippen LogP contribution in [0.5, 0.6) is 0 Å². The van der Waals surface area contributed by atoms with E-state index in [0.717, 1.165) is 11.1 Å². The second-order valence-electron chi connectivity index (χ2n) is 5.08. The van der Waals surface area contributed by atoms with Crippen molar-refractivity contribution in [3.05, 3.63) is 52.9 Å². The Morgan fingerprint density at radius 2 is 2.05 bits per heavy atom. The number of carbonyl (C=O) groups is 2. The molecule has 1 N–H and O–H groups in total. The van der Waals surface area contributed by atoms with E-state index in [1.54, 1.807) is 6.92 Å². The standard InChI is InChI=1S/C15H14N2O4/c1-9-6-12(16-21-9)14(18)17-8-11-5-3-2-4-10(11)7-13(17)15(19)20/h2-6,13H,7-8H2,1H3,(H,19,20)/t13-/m1/s1. The van der Waals surface area contributed by atoms with Crippen LogP contribution in [0.2, 0.25) is 0 Å². The van der Waals surface area contributed by atoms with Gasteiger partial charge in [0.1, 0.15) is 11.8 Å². The number of hydrogen-bond acceptors (Lipinski definition) is 4.